The molecule has 3 rings (SSSR count). The summed E-state index contributed by atoms with van der Waals surface area (Å²) in [6, 6.07) is 12.4. The topological polar surface area (TPSA) is 96.9 Å². The van der Waals surface area contributed by atoms with Gasteiger partial charge in [-0.05, 0) is 48.7 Å². The molecule has 0 spiro atoms. The second-order valence-electron chi connectivity index (χ2n) is 7.48. The molecular weight excluding hydrogens is 403 g/mol. The number of amides is 2. The lowest BCUT2D eigenvalue weighted by molar-refractivity contribution is -0.131. The van der Waals surface area contributed by atoms with Gasteiger partial charge in [-0.1, -0.05) is 18.2 Å². The Hall–Kier alpha value is -2.97. The second-order valence-corrected chi connectivity index (χ2v) is 7.48. The molecule has 7 nitrogen and oxygen atoms in total. The highest BCUT2D eigenvalue weighted by Crippen LogP contribution is 2.22. The van der Waals surface area contributed by atoms with Crippen molar-refractivity contribution in [1.29, 1.82) is 0 Å². The van der Waals surface area contributed by atoms with E-state index < -0.39 is 23.9 Å². The summed E-state index contributed by atoms with van der Waals surface area (Å²) < 4.78 is 24.3. The van der Waals surface area contributed by atoms with Crippen LogP contribution in [0.15, 0.2) is 48.5 Å². The van der Waals surface area contributed by atoms with E-state index in [0.717, 1.165) is 17.4 Å². The lowest BCUT2D eigenvalue weighted by Crippen LogP contribution is -2.51. The zero-order valence-corrected chi connectivity index (χ0v) is 17.3. The van der Waals surface area contributed by atoms with Crippen molar-refractivity contribution in [2.24, 2.45) is 0 Å². The number of nitrogens with one attached hydrogen (secondary N) is 2. The number of hydrogen-bond donors (Lipinski definition) is 3. The number of hydrogen-bond acceptors (Lipinski definition) is 5. The number of methoxy groups -OCH3 is 1. The van der Waals surface area contributed by atoms with Crippen molar-refractivity contribution in [3.05, 3.63) is 65.5 Å². The molecule has 0 bridgehead atoms. The summed E-state index contributed by atoms with van der Waals surface area (Å²) >= 11 is 0. The maximum absolute atomic E-state index is 13.3. The van der Waals surface area contributed by atoms with Crippen molar-refractivity contribution >= 4 is 11.8 Å². The van der Waals surface area contributed by atoms with Crippen LogP contribution in [0.1, 0.15) is 35.2 Å². The predicted molar refractivity (Wildman–Crippen MR) is 112 cm³/mol. The number of ether oxygens (including phenoxy) is 2. The summed E-state index contributed by atoms with van der Waals surface area (Å²) in [4.78, 5) is 24.7. The summed E-state index contributed by atoms with van der Waals surface area (Å²) in [5, 5.41) is 15.3. The van der Waals surface area contributed by atoms with Gasteiger partial charge in [0.25, 0.3) is 5.91 Å². The molecular formula is C23H27FN2O5. The molecule has 0 saturated carbocycles. The molecule has 0 unspecified atom stereocenters. The highest BCUT2D eigenvalue weighted by Gasteiger charge is 2.33. The van der Waals surface area contributed by atoms with Crippen LogP contribution in [0.3, 0.4) is 0 Å². The van der Waals surface area contributed by atoms with Gasteiger partial charge in [0.15, 0.2) is 0 Å². The highest BCUT2D eigenvalue weighted by atomic mass is 19.1. The van der Waals surface area contributed by atoms with Crippen LogP contribution in [-0.4, -0.2) is 48.9 Å². The largest absolute Gasteiger partial charge is 0.497 e. The van der Waals surface area contributed by atoms with Gasteiger partial charge in [0, 0.05) is 12.1 Å². The standard InChI is InChI=1S/C23H27FN2O5/c1-30-18-7-5-15(6-8-18)13-25-22(28)12-19-9-10-20(21(14-27)31-19)26-23(29)16-3-2-4-17(24)11-16/h2-8,11,19-21,27H,9-10,12-14H2,1H3,(H,25,28)(H,26,29)/t19-,20-,21-/m0/s1. The van der Waals surface area contributed by atoms with E-state index in [1.807, 2.05) is 24.3 Å². The maximum atomic E-state index is 13.3. The Morgan fingerprint density at radius 3 is 2.65 bits per heavy atom. The average Bonchev–Trinajstić information content (AvgIpc) is 2.79. The predicted octanol–water partition coefficient (Wildman–Crippen LogP) is 2.18. The highest BCUT2D eigenvalue weighted by molar-refractivity contribution is 5.94. The molecule has 0 aromatic heterocycles. The number of rotatable bonds is 8. The molecule has 1 aliphatic heterocycles. The fourth-order valence-corrected chi connectivity index (χ4v) is 3.55. The molecule has 2 amide bonds. The van der Waals surface area contributed by atoms with Crippen LogP contribution in [0.5, 0.6) is 5.75 Å². The number of carbonyl (C=O) groups excluding carboxylic acids is 2. The van der Waals surface area contributed by atoms with E-state index in [-0.39, 0.29) is 30.6 Å². The van der Waals surface area contributed by atoms with Crippen LogP contribution in [-0.2, 0) is 16.1 Å². The fourth-order valence-electron chi connectivity index (χ4n) is 3.55. The Morgan fingerprint density at radius 2 is 1.97 bits per heavy atom. The van der Waals surface area contributed by atoms with E-state index in [4.69, 9.17) is 9.47 Å². The van der Waals surface area contributed by atoms with Crippen LogP contribution in [0.25, 0.3) is 0 Å². The van der Waals surface area contributed by atoms with Crippen molar-refractivity contribution in [2.45, 2.75) is 44.1 Å². The van der Waals surface area contributed by atoms with E-state index in [2.05, 4.69) is 10.6 Å². The van der Waals surface area contributed by atoms with Gasteiger partial charge in [-0.3, -0.25) is 9.59 Å². The molecule has 1 saturated heterocycles. The quantitative estimate of drug-likeness (QED) is 0.597. The average molecular weight is 430 g/mol. The Balaban J connectivity index is 1.47. The van der Waals surface area contributed by atoms with Crippen molar-refractivity contribution < 1.29 is 28.6 Å². The number of halogens is 1. The molecule has 0 radical (unpaired) electrons. The minimum Gasteiger partial charge on any atom is -0.497 e. The third kappa shape index (κ3) is 6.50. The summed E-state index contributed by atoms with van der Waals surface area (Å²) in [7, 11) is 1.60. The Morgan fingerprint density at radius 1 is 1.19 bits per heavy atom. The fraction of sp³-hybridized carbons (Fsp3) is 0.391. The third-order valence-corrected chi connectivity index (χ3v) is 5.26. The SMILES string of the molecule is COc1ccc(CNC(=O)C[C@@H]2CC[C@H](NC(=O)c3cccc(F)c3)[C@H](CO)O2)cc1. The van der Waals surface area contributed by atoms with Crippen LogP contribution >= 0.6 is 0 Å². The molecule has 166 valence electrons. The summed E-state index contributed by atoms with van der Waals surface area (Å²) in [6.45, 7) is 0.101. The first-order valence-corrected chi connectivity index (χ1v) is 10.2. The summed E-state index contributed by atoms with van der Waals surface area (Å²) in [5.41, 5.74) is 1.16. The lowest BCUT2D eigenvalue weighted by atomic mass is 9.96. The molecule has 2 aromatic carbocycles. The van der Waals surface area contributed by atoms with Gasteiger partial charge in [-0.2, -0.15) is 0 Å². The third-order valence-electron chi connectivity index (χ3n) is 5.26. The van der Waals surface area contributed by atoms with Gasteiger partial charge in [-0.25, -0.2) is 4.39 Å². The van der Waals surface area contributed by atoms with Crippen molar-refractivity contribution in [1.82, 2.24) is 10.6 Å². The number of benzene rings is 2. The molecule has 3 N–H and O–H groups in total. The van der Waals surface area contributed by atoms with Crippen molar-refractivity contribution in [3.8, 4) is 5.75 Å². The van der Waals surface area contributed by atoms with Gasteiger partial charge in [0.1, 0.15) is 17.7 Å². The molecule has 1 heterocycles. The number of aliphatic hydroxyl groups excluding tert-OH is 1. The molecule has 31 heavy (non-hydrogen) atoms. The Labute approximate surface area is 180 Å². The van der Waals surface area contributed by atoms with Gasteiger partial charge < -0.3 is 25.2 Å². The van der Waals surface area contributed by atoms with Crippen LogP contribution in [0.2, 0.25) is 0 Å². The van der Waals surface area contributed by atoms with Crippen molar-refractivity contribution in [3.63, 3.8) is 0 Å². The van der Waals surface area contributed by atoms with Crippen LogP contribution in [0, 0.1) is 5.82 Å². The smallest absolute Gasteiger partial charge is 0.251 e. The first-order chi connectivity index (χ1) is 15.0. The maximum Gasteiger partial charge on any atom is 0.251 e. The molecule has 2 aromatic rings. The molecule has 1 fully saturated rings. The number of aliphatic hydroxyl groups is 1. The zero-order valence-electron chi connectivity index (χ0n) is 17.3. The van der Waals surface area contributed by atoms with Gasteiger partial charge in [0.2, 0.25) is 5.91 Å². The van der Waals surface area contributed by atoms with Gasteiger partial charge >= 0.3 is 0 Å². The Bertz CT molecular complexity index is 890. The molecule has 0 aliphatic carbocycles. The van der Waals surface area contributed by atoms with E-state index in [1.165, 1.54) is 18.2 Å². The normalized spacial score (nSPS) is 20.7. The minimum atomic E-state index is -0.634. The number of carbonyl (C=O) groups is 2. The molecule has 8 heteroatoms. The van der Waals surface area contributed by atoms with Crippen molar-refractivity contribution in [2.75, 3.05) is 13.7 Å². The van der Waals surface area contributed by atoms with E-state index in [1.54, 1.807) is 7.11 Å². The van der Waals surface area contributed by atoms with Crippen LogP contribution in [0.4, 0.5) is 4.39 Å². The molecule has 3 atom stereocenters. The summed E-state index contributed by atoms with van der Waals surface area (Å²) in [6.07, 6.45) is 0.279. The van der Waals surface area contributed by atoms with Gasteiger partial charge in [-0.15, -0.1) is 0 Å². The van der Waals surface area contributed by atoms with Gasteiger partial charge in [0.05, 0.1) is 32.3 Å². The lowest BCUT2D eigenvalue weighted by Gasteiger charge is -2.36. The monoisotopic (exact) mass is 430 g/mol. The first kappa shape index (κ1) is 22.7. The summed E-state index contributed by atoms with van der Waals surface area (Å²) in [5.74, 6) is -0.325. The zero-order chi connectivity index (χ0) is 22.2. The first-order valence-electron chi connectivity index (χ1n) is 10.2. The van der Waals surface area contributed by atoms with E-state index >= 15 is 0 Å². The Kier molecular flexibility index (Phi) is 7.97. The minimum absolute atomic E-state index is 0.153. The van der Waals surface area contributed by atoms with E-state index in [9.17, 15) is 19.1 Å². The van der Waals surface area contributed by atoms with E-state index in [0.29, 0.717) is 19.4 Å². The second kappa shape index (κ2) is 10.9. The van der Waals surface area contributed by atoms with Crippen LogP contribution < -0.4 is 15.4 Å². The molecule has 1 aliphatic rings.